The number of rotatable bonds is 3. The minimum absolute atomic E-state index is 0.177. The third-order valence-electron chi connectivity index (χ3n) is 2.14. The Kier molecular flexibility index (Phi) is 3.88. The van der Waals surface area contributed by atoms with Gasteiger partial charge in [0.2, 0.25) is 5.88 Å². The smallest absolute Gasteiger partial charge is 0.229 e. The molecule has 0 fully saturated rings. The first kappa shape index (κ1) is 12.9. The first-order valence-electron chi connectivity index (χ1n) is 4.95. The molecule has 1 aromatic carbocycles. The molecule has 92 valence electrons. The predicted molar refractivity (Wildman–Crippen MR) is 74.3 cm³/mol. The first-order chi connectivity index (χ1) is 8.58. The van der Waals surface area contributed by atoms with E-state index in [-0.39, 0.29) is 10.9 Å². The van der Waals surface area contributed by atoms with Gasteiger partial charge in [0.05, 0.1) is 10.0 Å². The minimum Gasteiger partial charge on any atom is -0.438 e. The van der Waals surface area contributed by atoms with E-state index in [1.165, 1.54) is 6.07 Å². The molecule has 0 saturated carbocycles. The van der Waals surface area contributed by atoms with Crippen molar-refractivity contribution in [3.8, 4) is 11.6 Å². The number of thiocarbonyl (C=S) groups is 1. The number of nitrogens with zero attached hydrogens (tertiary/aromatic N) is 1. The van der Waals surface area contributed by atoms with E-state index in [0.29, 0.717) is 15.8 Å². The van der Waals surface area contributed by atoms with Crippen molar-refractivity contribution < 1.29 is 9.13 Å². The largest absolute Gasteiger partial charge is 0.438 e. The van der Waals surface area contributed by atoms with Gasteiger partial charge in [0.15, 0.2) is 0 Å². The molecule has 2 aromatic rings. The number of benzene rings is 1. The van der Waals surface area contributed by atoms with Gasteiger partial charge in [0.1, 0.15) is 16.6 Å². The molecule has 0 atom stereocenters. The lowest BCUT2D eigenvalue weighted by Crippen LogP contribution is -2.11. The van der Waals surface area contributed by atoms with Crippen molar-refractivity contribution in [3.05, 3.63) is 52.4 Å². The highest BCUT2D eigenvalue weighted by molar-refractivity contribution is 9.10. The van der Waals surface area contributed by atoms with Crippen molar-refractivity contribution >= 4 is 33.1 Å². The van der Waals surface area contributed by atoms with Crippen molar-refractivity contribution in [1.29, 1.82) is 0 Å². The molecule has 6 heteroatoms. The summed E-state index contributed by atoms with van der Waals surface area (Å²) in [5, 5.41) is 0. The summed E-state index contributed by atoms with van der Waals surface area (Å²) in [5.41, 5.74) is 6.06. The molecule has 3 nitrogen and oxygen atoms in total. The topological polar surface area (TPSA) is 48.1 Å². The fourth-order valence-corrected chi connectivity index (χ4v) is 1.71. The van der Waals surface area contributed by atoms with Crippen molar-refractivity contribution in [2.24, 2.45) is 5.73 Å². The zero-order chi connectivity index (χ0) is 13.1. The summed E-state index contributed by atoms with van der Waals surface area (Å²) < 4.78 is 19.2. The van der Waals surface area contributed by atoms with Crippen molar-refractivity contribution in [2.45, 2.75) is 0 Å². The van der Waals surface area contributed by atoms with Crippen molar-refractivity contribution in [2.75, 3.05) is 0 Å². The number of hydrogen-bond acceptors (Lipinski definition) is 3. The Bertz CT molecular complexity index is 606. The molecule has 0 spiro atoms. The van der Waals surface area contributed by atoms with Gasteiger partial charge in [-0.2, -0.15) is 0 Å². The molecular formula is C12H8BrFN2OS. The van der Waals surface area contributed by atoms with Crippen LogP contribution in [-0.4, -0.2) is 9.97 Å². The monoisotopic (exact) mass is 326 g/mol. The summed E-state index contributed by atoms with van der Waals surface area (Å²) in [6.07, 6.45) is 1.55. The second kappa shape index (κ2) is 5.41. The van der Waals surface area contributed by atoms with Crippen LogP contribution in [0.4, 0.5) is 4.39 Å². The highest BCUT2D eigenvalue weighted by Gasteiger charge is 2.09. The maximum atomic E-state index is 13.3. The Hall–Kier alpha value is -1.53. The third-order valence-corrected chi connectivity index (χ3v) is 3.01. The number of ether oxygens (including phenoxy) is 1. The molecule has 0 radical (unpaired) electrons. The van der Waals surface area contributed by atoms with E-state index in [1.807, 2.05) is 0 Å². The quantitative estimate of drug-likeness (QED) is 0.878. The molecule has 1 heterocycles. The number of aromatic nitrogens is 1. The minimum atomic E-state index is -0.416. The number of halogens is 2. The van der Waals surface area contributed by atoms with E-state index in [0.717, 1.165) is 0 Å². The summed E-state index contributed by atoms with van der Waals surface area (Å²) in [4.78, 5) is 4.20. The fraction of sp³-hybridized carbons (Fsp3) is 0. The van der Waals surface area contributed by atoms with Crippen LogP contribution in [0, 0.1) is 5.82 Å². The first-order valence-corrected chi connectivity index (χ1v) is 6.16. The van der Waals surface area contributed by atoms with E-state index >= 15 is 0 Å². The molecule has 1 aromatic heterocycles. The van der Waals surface area contributed by atoms with Gasteiger partial charge in [-0.15, -0.1) is 0 Å². The summed E-state index contributed by atoms with van der Waals surface area (Å²) >= 11 is 7.95. The number of nitrogens with two attached hydrogens (primary N) is 1. The third kappa shape index (κ3) is 2.83. The molecular weight excluding hydrogens is 319 g/mol. The molecule has 0 aliphatic heterocycles. The second-order valence-corrected chi connectivity index (χ2v) is 4.69. The zero-order valence-electron chi connectivity index (χ0n) is 9.06. The molecule has 0 bridgehead atoms. The predicted octanol–water partition coefficient (Wildman–Crippen LogP) is 3.41. The summed E-state index contributed by atoms with van der Waals surface area (Å²) in [7, 11) is 0. The van der Waals surface area contributed by atoms with E-state index < -0.39 is 5.82 Å². The van der Waals surface area contributed by atoms with E-state index in [2.05, 4.69) is 20.9 Å². The van der Waals surface area contributed by atoms with E-state index in [4.69, 9.17) is 22.7 Å². The average Bonchev–Trinajstić information content (AvgIpc) is 2.34. The lowest BCUT2D eigenvalue weighted by Gasteiger charge is -2.08. The molecule has 0 unspecified atom stereocenters. The van der Waals surface area contributed by atoms with Crippen molar-refractivity contribution in [1.82, 2.24) is 4.98 Å². The van der Waals surface area contributed by atoms with Crippen LogP contribution in [0.2, 0.25) is 0 Å². The Labute approximate surface area is 117 Å². The van der Waals surface area contributed by atoms with Crippen molar-refractivity contribution in [3.63, 3.8) is 0 Å². The van der Waals surface area contributed by atoms with Gasteiger partial charge in [-0.05, 0) is 40.2 Å². The highest BCUT2D eigenvalue weighted by atomic mass is 79.9. The van der Waals surface area contributed by atoms with Gasteiger partial charge in [-0.1, -0.05) is 12.2 Å². The standard InChI is InChI=1S/C12H8BrFN2OS/c13-9-4-3-7(6-10(9)14)17-12-8(11(15)18)2-1-5-16-12/h1-6H,(H2,15,18). The Balaban J connectivity index is 2.34. The lowest BCUT2D eigenvalue weighted by atomic mass is 10.2. The van der Waals surface area contributed by atoms with Crippen LogP contribution >= 0.6 is 28.1 Å². The molecule has 2 rings (SSSR count). The molecule has 18 heavy (non-hydrogen) atoms. The second-order valence-electron chi connectivity index (χ2n) is 3.40. The highest BCUT2D eigenvalue weighted by Crippen LogP contribution is 2.26. The number of pyridine rings is 1. The van der Waals surface area contributed by atoms with Gasteiger partial charge >= 0.3 is 0 Å². The van der Waals surface area contributed by atoms with Crippen LogP contribution < -0.4 is 10.5 Å². The molecule has 0 aliphatic rings. The summed E-state index contributed by atoms with van der Waals surface area (Å²) in [6.45, 7) is 0. The van der Waals surface area contributed by atoms with Gasteiger partial charge in [0.25, 0.3) is 0 Å². The van der Waals surface area contributed by atoms with Gasteiger partial charge in [-0.25, -0.2) is 9.37 Å². The maximum Gasteiger partial charge on any atom is 0.229 e. The summed E-state index contributed by atoms with van der Waals surface area (Å²) in [6, 6.07) is 7.81. The maximum absolute atomic E-state index is 13.3. The van der Waals surface area contributed by atoms with Crippen LogP contribution in [0.5, 0.6) is 11.6 Å². The summed E-state index contributed by atoms with van der Waals surface area (Å²) in [5.74, 6) is 0.166. The van der Waals surface area contributed by atoms with Crippen LogP contribution in [0.3, 0.4) is 0 Å². The zero-order valence-corrected chi connectivity index (χ0v) is 11.5. The SMILES string of the molecule is NC(=S)c1cccnc1Oc1ccc(Br)c(F)c1. The Morgan fingerprint density at radius 3 is 2.83 bits per heavy atom. The van der Waals surface area contributed by atoms with Crippen LogP contribution in [0.25, 0.3) is 0 Å². The van der Waals surface area contributed by atoms with Crippen LogP contribution in [-0.2, 0) is 0 Å². The fourth-order valence-electron chi connectivity index (χ4n) is 1.31. The van der Waals surface area contributed by atoms with Crippen LogP contribution in [0.1, 0.15) is 5.56 Å². The van der Waals surface area contributed by atoms with Gasteiger partial charge < -0.3 is 10.5 Å². The average molecular weight is 327 g/mol. The molecule has 2 N–H and O–H groups in total. The van der Waals surface area contributed by atoms with Gasteiger partial charge in [0, 0.05) is 12.3 Å². The Morgan fingerprint density at radius 1 is 1.39 bits per heavy atom. The lowest BCUT2D eigenvalue weighted by molar-refractivity contribution is 0.457. The number of hydrogen-bond donors (Lipinski definition) is 1. The van der Waals surface area contributed by atoms with E-state index in [9.17, 15) is 4.39 Å². The molecule has 0 aliphatic carbocycles. The Morgan fingerprint density at radius 2 is 2.17 bits per heavy atom. The molecule has 0 amide bonds. The van der Waals surface area contributed by atoms with E-state index in [1.54, 1.807) is 30.5 Å². The normalized spacial score (nSPS) is 10.1. The molecule has 0 saturated heterocycles. The van der Waals surface area contributed by atoms with Gasteiger partial charge in [-0.3, -0.25) is 0 Å². The van der Waals surface area contributed by atoms with Crippen LogP contribution in [0.15, 0.2) is 41.0 Å².